The topological polar surface area (TPSA) is 0 Å². The summed E-state index contributed by atoms with van der Waals surface area (Å²) in [5, 5.41) is 0. The Bertz CT molecular complexity index is 460. The summed E-state index contributed by atoms with van der Waals surface area (Å²) in [6.45, 7) is 2.53. The smallest absolute Gasteiger partial charge is 0.00164 e. The van der Waals surface area contributed by atoms with Crippen molar-refractivity contribution >= 4 is 0 Å². The lowest BCUT2D eigenvalue weighted by molar-refractivity contribution is 0.113. The standard InChI is InChI=1S/C21H30/c1-16(19-11-10-17-7-5-9-20(17)19)15-18-8-6-14-21(18)12-3-2-4-13-21/h5-8,10-11,16-20H,2-4,9,12-15H2,1H3. The van der Waals surface area contributed by atoms with Crippen LogP contribution in [0.1, 0.15) is 58.3 Å². The quantitative estimate of drug-likeness (QED) is 0.564. The van der Waals surface area contributed by atoms with Crippen molar-refractivity contribution in [3.05, 3.63) is 36.5 Å². The van der Waals surface area contributed by atoms with Gasteiger partial charge in [0.2, 0.25) is 0 Å². The fraction of sp³-hybridized carbons (Fsp3) is 0.714. The first-order valence-corrected chi connectivity index (χ1v) is 9.30. The number of rotatable bonds is 3. The van der Waals surface area contributed by atoms with Crippen LogP contribution < -0.4 is 0 Å². The summed E-state index contributed by atoms with van der Waals surface area (Å²) in [6.07, 6.45) is 26.5. The second-order valence-electron chi connectivity index (χ2n) is 8.24. The van der Waals surface area contributed by atoms with Gasteiger partial charge in [0.25, 0.3) is 0 Å². The van der Waals surface area contributed by atoms with Gasteiger partial charge in [-0.1, -0.05) is 62.6 Å². The Morgan fingerprint density at radius 2 is 1.86 bits per heavy atom. The lowest BCUT2D eigenvalue weighted by Crippen LogP contribution is -2.31. The zero-order chi connectivity index (χ0) is 14.3. The van der Waals surface area contributed by atoms with E-state index in [0.717, 1.165) is 29.6 Å². The highest BCUT2D eigenvalue weighted by molar-refractivity contribution is 5.20. The fourth-order valence-corrected chi connectivity index (χ4v) is 5.86. The molecule has 0 aliphatic heterocycles. The number of allylic oxidation sites excluding steroid dienone is 6. The molecule has 4 aliphatic carbocycles. The Balaban J connectivity index is 1.43. The summed E-state index contributed by atoms with van der Waals surface area (Å²) < 4.78 is 0. The number of hydrogen-bond donors (Lipinski definition) is 0. The molecule has 1 fully saturated rings. The molecule has 0 amide bonds. The molecule has 5 unspecified atom stereocenters. The van der Waals surface area contributed by atoms with Crippen LogP contribution in [0.2, 0.25) is 0 Å². The highest BCUT2D eigenvalue weighted by atomic mass is 14.5. The molecule has 0 bridgehead atoms. The Morgan fingerprint density at radius 1 is 1.00 bits per heavy atom. The first kappa shape index (κ1) is 13.9. The van der Waals surface area contributed by atoms with Crippen molar-refractivity contribution in [3.63, 3.8) is 0 Å². The van der Waals surface area contributed by atoms with Crippen molar-refractivity contribution in [1.29, 1.82) is 0 Å². The molecule has 21 heavy (non-hydrogen) atoms. The fourth-order valence-electron chi connectivity index (χ4n) is 5.86. The van der Waals surface area contributed by atoms with E-state index in [9.17, 15) is 0 Å². The van der Waals surface area contributed by atoms with Gasteiger partial charge in [-0.2, -0.15) is 0 Å². The molecule has 0 heterocycles. The van der Waals surface area contributed by atoms with Gasteiger partial charge < -0.3 is 0 Å². The molecule has 0 heteroatoms. The predicted molar refractivity (Wildman–Crippen MR) is 89.9 cm³/mol. The zero-order valence-electron chi connectivity index (χ0n) is 13.5. The Morgan fingerprint density at radius 3 is 2.71 bits per heavy atom. The number of hydrogen-bond acceptors (Lipinski definition) is 0. The van der Waals surface area contributed by atoms with Gasteiger partial charge in [0.05, 0.1) is 0 Å². The largest absolute Gasteiger partial charge is 0.0877 e. The van der Waals surface area contributed by atoms with Gasteiger partial charge in [-0.3, -0.25) is 0 Å². The molecule has 0 aromatic heterocycles. The van der Waals surface area contributed by atoms with Gasteiger partial charge >= 0.3 is 0 Å². The predicted octanol–water partition coefficient (Wildman–Crippen LogP) is 5.92. The Labute approximate surface area is 130 Å². The summed E-state index contributed by atoms with van der Waals surface area (Å²) in [6, 6.07) is 0. The summed E-state index contributed by atoms with van der Waals surface area (Å²) in [5.74, 6) is 4.21. The van der Waals surface area contributed by atoms with Gasteiger partial charge in [0.15, 0.2) is 0 Å². The van der Waals surface area contributed by atoms with E-state index in [1.165, 1.54) is 51.4 Å². The molecule has 4 aliphatic rings. The molecule has 0 radical (unpaired) electrons. The van der Waals surface area contributed by atoms with Crippen LogP contribution in [-0.4, -0.2) is 0 Å². The van der Waals surface area contributed by atoms with E-state index in [1.54, 1.807) is 0 Å². The second kappa shape index (κ2) is 5.45. The lowest BCUT2D eigenvalue weighted by Gasteiger charge is -2.41. The Hall–Kier alpha value is -0.780. The average molecular weight is 282 g/mol. The molecule has 0 N–H and O–H groups in total. The van der Waals surface area contributed by atoms with Crippen LogP contribution in [0.5, 0.6) is 0 Å². The van der Waals surface area contributed by atoms with Crippen LogP contribution in [0.4, 0.5) is 0 Å². The van der Waals surface area contributed by atoms with E-state index in [4.69, 9.17) is 0 Å². The summed E-state index contributed by atoms with van der Waals surface area (Å²) in [4.78, 5) is 0. The molecule has 0 nitrogen and oxygen atoms in total. The first-order valence-electron chi connectivity index (χ1n) is 9.30. The van der Waals surface area contributed by atoms with Crippen LogP contribution in [0.15, 0.2) is 36.5 Å². The van der Waals surface area contributed by atoms with Gasteiger partial charge in [0.1, 0.15) is 0 Å². The van der Waals surface area contributed by atoms with Crippen LogP contribution in [0, 0.1) is 35.0 Å². The molecular weight excluding hydrogens is 252 g/mol. The second-order valence-corrected chi connectivity index (χ2v) is 8.24. The van der Waals surface area contributed by atoms with E-state index in [-0.39, 0.29) is 0 Å². The molecule has 0 aromatic carbocycles. The summed E-state index contributed by atoms with van der Waals surface area (Å²) in [5.41, 5.74) is 0.669. The molecule has 4 rings (SSSR count). The minimum absolute atomic E-state index is 0.669. The van der Waals surface area contributed by atoms with Crippen molar-refractivity contribution in [2.24, 2.45) is 35.0 Å². The van der Waals surface area contributed by atoms with Crippen LogP contribution >= 0.6 is 0 Å². The van der Waals surface area contributed by atoms with Gasteiger partial charge in [-0.05, 0) is 67.1 Å². The number of fused-ring (bicyclic) bond motifs is 1. The van der Waals surface area contributed by atoms with Crippen molar-refractivity contribution in [2.75, 3.05) is 0 Å². The van der Waals surface area contributed by atoms with Crippen molar-refractivity contribution < 1.29 is 0 Å². The third-order valence-electron chi connectivity index (χ3n) is 7.12. The van der Waals surface area contributed by atoms with E-state index in [0.29, 0.717) is 5.41 Å². The maximum absolute atomic E-state index is 2.59. The van der Waals surface area contributed by atoms with Crippen LogP contribution in [0.3, 0.4) is 0 Å². The van der Waals surface area contributed by atoms with E-state index >= 15 is 0 Å². The molecule has 1 spiro atoms. The highest BCUT2D eigenvalue weighted by Gasteiger charge is 2.43. The Kier molecular flexibility index (Phi) is 3.59. The maximum Gasteiger partial charge on any atom is -0.00164 e. The van der Waals surface area contributed by atoms with Gasteiger partial charge in [-0.25, -0.2) is 0 Å². The van der Waals surface area contributed by atoms with E-state index in [2.05, 4.69) is 43.4 Å². The average Bonchev–Trinajstić information content (AvgIpc) is 3.17. The molecule has 114 valence electrons. The zero-order valence-corrected chi connectivity index (χ0v) is 13.5. The SMILES string of the molecule is CC(CC1C=CCC12CCCCC2)C1C=CC2C=CCC21. The van der Waals surface area contributed by atoms with Crippen LogP contribution in [-0.2, 0) is 0 Å². The molecule has 1 saturated carbocycles. The monoisotopic (exact) mass is 282 g/mol. The van der Waals surface area contributed by atoms with Gasteiger partial charge in [0, 0.05) is 0 Å². The highest BCUT2D eigenvalue weighted by Crippen LogP contribution is 2.53. The summed E-state index contributed by atoms with van der Waals surface area (Å²) in [7, 11) is 0. The lowest BCUT2D eigenvalue weighted by atomic mass is 9.64. The molecule has 5 atom stereocenters. The third kappa shape index (κ3) is 2.35. The van der Waals surface area contributed by atoms with E-state index in [1.807, 2.05) is 0 Å². The molecule has 0 aromatic rings. The van der Waals surface area contributed by atoms with Crippen molar-refractivity contribution in [3.8, 4) is 0 Å². The van der Waals surface area contributed by atoms with Crippen molar-refractivity contribution in [2.45, 2.75) is 58.3 Å². The first-order chi connectivity index (χ1) is 10.3. The minimum atomic E-state index is 0.669. The third-order valence-corrected chi connectivity index (χ3v) is 7.12. The van der Waals surface area contributed by atoms with E-state index < -0.39 is 0 Å². The van der Waals surface area contributed by atoms with Crippen molar-refractivity contribution in [1.82, 2.24) is 0 Å². The molecular formula is C21H30. The maximum atomic E-state index is 2.59. The van der Waals surface area contributed by atoms with Crippen LogP contribution in [0.25, 0.3) is 0 Å². The van der Waals surface area contributed by atoms with Gasteiger partial charge in [-0.15, -0.1) is 0 Å². The summed E-state index contributed by atoms with van der Waals surface area (Å²) >= 11 is 0. The molecule has 0 saturated heterocycles. The normalized spacial score (nSPS) is 41.0. The minimum Gasteiger partial charge on any atom is -0.0877 e.